The third-order valence-electron chi connectivity index (χ3n) is 7.77. The fourth-order valence-electron chi connectivity index (χ4n) is 5.13. The van der Waals surface area contributed by atoms with Gasteiger partial charge < -0.3 is 35.1 Å². The molecule has 12 heteroatoms. The van der Waals surface area contributed by atoms with Gasteiger partial charge in [0.2, 0.25) is 0 Å². The molecule has 3 aromatic carbocycles. The summed E-state index contributed by atoms with van der Waals surface area (Å²) in [5.74, 6) is 0.739. The molecular weight excluding hydrogens is 648 g/mol. The molecule has 1 aromatic heterocycles. The van der Waals surface area contributed by atoms with Crippen molar-refractivity contribution < 1.29 is 34.0 Å². The Morgan fingerprint density at radius 2 is 1.73 bits per heavy atom. The molecule has 0 bridgehead atoms. The van der Waals surface area contributed by atoms with E-state index >= 15 is 0 Å². The number of carbonyl (C=O) groups excluding carboxylic acids is 1. The van der Waals surface area contributed by atoms with E-state index in [4.69, 9.17) is 47.0 Å². The Bertz CT molecular complexity index is 1790. The number of carboxylic acids is 1. The van der Waals surface area contributed by atoms with Crippen LogP contribution in [-0.2, 0) is 29.3 Å². The van der Waals surface area contributed by atoms with Crippen molar-refractivity contribution >= 4 is 23.5 Å². The lowest BCUT2D eigenvalue weighted by Gasteiger charge is -2.17. The number of likely N-dealkylation sites (tertiary alicyclic amines) is 1. The normalized spacial score (nSPS) is 12.0. The number of nitriles is 1. The number of halogens is 1. The first-order chi connectivity index (χ1) is 23.7. The van der Waals surface area contributed by atoms with Gasteiger partial charge in [0.1, 0.15) is 36.5 Å². The molecule has 1 saturated heterocycles. The number of aliphatic carboxylic acids is 1. The molecule has 11 nitrogen and oxygen atoms in total. The Labute approximate surface area is 290 Å². The summed E-state index contributed by atoms with van der Waals surface area (Å²) in [4.78, 5) is 27.8. The van der Waals surface area contributed by atoms with Crippen LogP contribution in [0.4, 0.5) is 0 Å². The van der Waals surface area contributed by atoms with Crippen molar-refractivity contribution in [3.05, 3.63) is 106 Å². The minimum absolute atomic E-state index is 0.0233. The third-order valence-corrected chi connectivity index (χ3v) is 8.07. The van der Waals surface area contributed by atoms with Crippen LogP contribution in [0.3, 0.4) is 0 Å². The molecule has 0 saturated carbocycles. The molecule has 0 atom stereocenters. The van der Waals surface area contributed by atoms with Crippen molar-refractivity contribution in [1.29, 1.82) is 5.26 Å². The smallest absolute Gasteiger partial charge is 0.305 e. The van der Waals surface area contributed by atoms with E-state index in [-0.39, 0.29) is 45.3 Å². The second-order valence-electron chi connectivity index (χ2n) is 11.2. The molecule has 0 radical (unpaired) electrons. The summed E-state index contributed by atoms with van der Waals surface area (Å²) >= 11 is 6.56. The van der Waals surface area contributed by atoms with Crippen LogP contribution in [0, 0.1) is 18.3 Å². The van der Waals surface area contributed by atoms with E-state index < -0.39 is 5.97 Å². The summed E-state index contributed by atoms with van der Waals surface area (Å²) in [5, 5.41) is 25.2. The molecule has 256 valence electrons. The average Bonchev–Trinajstić information content (AvgIpc) is 3.66. The molecule has 4 N–H and O–H groups in total. The van der Waals surface area contributed by atoms with E-state index in [0.717, 1.165) is 59.3 Å². The van der Waals surface area contributed by atoms with Gasteiger partial charge in [-0.05, 0) is 66.3 Å². The molecule has 2 heterocycles. The summed E-state index contributed by atoms with van der Waals surface area (Å²) in [6, 6.07) is 21.1. The molecule has 1 aliphatic heterocycles. The number of hydrogen-bond donors (Lipinski definition) is 3. The van der Waals surface area contributed by atoms with Crippen molar-refractivity contribution in [2.24, 2.45) is 5.73 Å². The van der Waals surface area contributed by atoms with Crippen molar-refractivity contribution in [1.82, 2.24) is 9.88 Å². The van der Waals surface area contributed by atoms with Crippen LogP contribution in [0.15, 0.2) is 73.1 Å². The van der Waals surface area contributed by atoms with Crippen LogP contribution in [0.5, 0.6) is 17.2 Å². The van der Waals surface area contributed by atoms with Crippen LogP contribution < -0.4 is 19.9 Å². The number of rotatable bonds is 13. The number of hydrogen-bond acceptors (Lipinski definition) is 9. The van der Waals surface area contributed by atoms with E-state index in [9.17, 15) is 9.59 Å². The quantitative estimate of drug-likeness (QED) is 0.160. The van der Waals surface area contributed by atoms with Crippen molar-refractivity contribution in [3.63, 3.8) is 0 Å². The molecule has 0 unspecified atom stereocenters. The van der Waals surface area contributed by atoms with Gasteiger partial charge >= 0.3 is 5.97 Å². The topological polar surface area (TPSA) is 168 Å². The fraction of sp³-hybridized carbons (Fsp3) is 0.297. The number of nitrogens with zero attached hydrogens (tertiary/aromatic N) is 3. The maximum atomic E-state index is 12.4. The molecule has 4 aromatic rings. The van der Waals surface area contributed by atoms with Gasteiger partial charge in [0.25, 0.3) is 5.91 Å². The number of carboxylic acid groups (broad SMARTS) is 1. The van der Waals surface area contributed by atoms with E-state index in [2.05, 4.69) is 24.0 Å². The number of aliphatic hydroxyl groups is 1. The number of pyridine rings is 1. The predicted octanol–water partition coefficient (Wildman–Crippen LogP) is 5.65. The van der Waals surface area contributed by atoms with Crippen LogP contribution >= 0.6 is 11.6 Å². The Morgan fingerprint density at radius 1 is 0.980 bits per heavy atom. The first kappa shape index (κ1) is 36.7. The van der Waals surface area contributed by atoms with Gasteiger partial charge in [-0.3, -0.25) is 14.6 Å². The Hall–Kier alpha value is -5.15. The zero-order valence-corrected chi connectivity index (χ0v) is 28.0. The van der Waals surface area contributed by atoms with E-state index in [1.165, 1.54) is 6.20 Å². The zero-order valence-electron chi connectivity index (χ0n) is 27.2. The van der Waals surface area contributed by atoms with E-state index in [1.54, 1.807) is 24.4 Å². The number of nitrogens with two attached hydrogens (primary N) is 1. The summed E-state index contributed by atoms with van der Waals surface area (Å²) in [7, 11) is 0. The molecule has 0 aliphatic carbocycles. The van der Waals surface area contributed by atoms with Gasteiger partial charge in [-0.15, -0.1) is 0 Å². The summed E-state index contributed by atoms with van der Waals surface area (Å²) in [5.41, 5.74) is 12.0. The van der Waals surface area contributed by atoms with E-state index in [1.807, 2.05) is 41.3 Å². The number of ether oxygens (including phenoxy) is 3. The largest absolute Gasteiger partial charge is 0.488 e. The van der Waals surface area contributed by atoms with Gasteiger partial charge in [0, 0.05) is 49.2 Å². The summed E-state index contributed by atoms with van der Waals surface area (Å²) in [6.07, 6.45) is 5.11. The lowest BCUT2D eigenvalue weighted by Crippen LogP contribution is -2.32. The van der Waals surface area contributed by atoms with Crippen LogP contribution in [0.2, 0.25) is 5.02 Å². The molecule has 0 spiro atoms. The fourth-order valence-corrected chi connectivity index (χ4v) is 5.37. The van der Waals surface area contributed by atoms with Crippen LogP contribution in [0.25, 0.3) is 11.1 Å². The van der Waals surface area contributed by atoms with E-state index in [0.29, 0.717) is 27.8 Å². The minimum Gasteiger partial charge on any atom is -0.488 e. The van der Waals surface area contributed by atoms with Gasteiger partial charge in [-0.1, -0.05) is 41.9 Å². The predicted molar refractivity (Wildman–Crippen MR) is 184 cm³/mol. The molecule has 1 fully saturated rings. The maximum Gasteiger partial charge on any atom is 0.305 e. The SMILES string of the molecule is Cc1c(COc2cc(OCc3cncc(C#N)c3)c(CN)cc2Cl)cccc1-c1cccc(OCC(=O)N2CCCC2)c1.O=C(O)CCO. The second-order valence-corrected chi connectivity index (χ2v) is 11.6. The average molecular weight is 687 g/mol. The number of amides is 1. The van der Waals surface area contributed by atoms with Gasteiger partial charge in [-0.25, -0.2) is 0 Å². The van der Waals surface area contributed by atoms with Gasteiger partial charge in [0.15, 0.2) is 6.61 Å². The Kier molecular flexibility index (Phi) is 13.8. The number of aliphatic hydroxyl groups excluding tert-OH is 1. The maximum absolute atomic E-state index is 12.4. The Morgan fingerprint density at radius 3 is 2.43 bits per heavy atom. The molecular formula is C37H39ClN4O7. The van der Waals surface area contributed by atoms with Crippen molar-refractivity contribution in [2.45, 2.75) is 45.9 Å². The first-order valence-corrected chi connectivity index (χ1v) is 16.1. The number of carbonyl (C=O) groups is 2. The Balaban J connectivity index is 0.000000827. The number of aromatic nitrogens is 1. The monoisotopic (exact) mass is 686 g/mol. The molecule has 1 aliphatic rings. The molecule has 1 amide bonds. The van der Waals surface area contributed by atoms with Crippen molar-refractivity contribution in [3.8, 4) is 34.4 Å². The zero-order chi connectivity index (χ0) is 35.2. The lowest BCUT2D eigenvalue weighted by atomic mass is 9.96. The summed E-state index contributed by atoms with van der Waals surface area (Å²) in [6.45, 7) is 4.18. The van der Waals surface area contributed by atoms with Crippen LogP contribution in [0.1, 0.15) is 47.1 Å². The van der Waals surface area contributed by atoms with Gasteiger partial charge in [-0.2, -0.15) is 5.26 Å². The highest BCUT2D eigenvalue weighted by molar-refractivity contribution is 6.32. The van der Waals surface area contributed by atoms with Gasteiger partial charge in [0.05, 0.1) is 23.6 Å². The summed E-state index contributed by atoms with van der Waals surface area (Å²) < 4.78 is 18.1. The molecule has 5 rings (SSSR count). The highest BCUT2D eigenvalue weighted by Gasteiger charge is 2.18. The highest BCUT2D eigenvalue weighted by atomic mass is 35.5. The molecule has 49 heavy (non-hydrogen) atoms. The number of benzene rings is 3. The second kappa shape index (κ2) is 18.4. The standard InChI is InChI=1S/C34H33ClN4O4.C3H6O3/c1-23-27(7-5-9-30(23)26-6-4-8-29(13-26)41-22-34(40)39-10-2-3-11-39)21-43-33-15-32(28(17-37)14-31(33)35)42-20-25-12-24(16-36)18-38-19-25;4-2-1-3(5)6/h4-9,12-15,18-19H,2-3,10-11,17,20-22,37H2,1H3;4H,1-2H2,(H,5,6). The lowest BCUT2D eigenvalue weighted by molar-refractivity contribution is -0.137. The highest BCUT2D eigenvalue weighted by Crippen LogP contribution is 2.35. The first-order valence-electron chi connectivity index (χ1n) is 15.8. The minimum atomic E-state index is -0.961. The van der Waals surface area contributed by atoms with Crippen molar-refractivity contribution in [2.75, 3.05) is 26.3 Å². The third kappa shape index (κ3) is 10.7. The van der Waals surface area contributed by atoms with Crippen LogP contribution in [-0.4, -0.2) is 58.3 Å².